The summed E-state index contributed by atoms with van der Waals surface area (Å²) in [5, 5.41) is 9.69. The van der Waals surface area contributed by atoms with Gasteiger partial charge in [0.05, 0.1) is 6.42 Å². The van der Waals surface area contributed by atoms with Gasteiger partial charge in [-0.05, 0) is 6.42 Å². The van der Waals surface area contributed by atoms with Gasteiger partial charge in [-0.2, -0.15) is 0 Å². The van der Waals surface area contributed by atoms with Crippen molar-refractivity contribution >= 4 is 5.97 Å². The van der Waals surface area contributed by atoms with E-state index in [1.165, 1.54) is 0 Å². The largest absolute Gasteiger partial charge is 0.355 e. The first-order chi connectivity index (χ1) is 3.77. The predicted molar refractivity (Wildman–Crippen MR) is 28.4 cm³/mol. The first-order valence-electron chi connectivity index (χ1n) is 2.40. The van der Waals surface area contributed by atoms with Crippen LogP contribution in [-0.4, -0.2) is 5.97 Å². The molecule has 0 N–H and O–H groups in total. The highest BCUT2D eigenvalue weighted by Gasteiger charge is 1.95. The van der Waals surface area contributed by atoms with Crippen molar-refractivity contribution in [2.24, 2.45) is 0 Å². The SMILES string of the molecule is C#CCCCC([O])=O. The van der Waals surface area contributed by atoms with Crippen molar-refractivity contribution in [2.45, 2.75) is 19.3 Å². The summed E-state index contributed by atoms with van der Waals surface area (Å²) in [5.41, 5.74) is 0. The average molecular weight is 111 g/mol. The van der Waals surface area contributed by atoms with E-state index in [0.717, 1.165) is 0 Å². The Hall–Kier alpha value is -0.970. The van der Waals surface area contributed by atoms with E-state index in [2.05, 4.69) is 5.92 Å². The Bertz CT molecular complexity index is 110. The van der Waals surface area contributed by atoms with Crippen LogP contribution in [0.5, 0.6) is 0 Å². The van der Waals surface area contributed by atoms with Gasteiger partial charge < -0.3 is 0 Å². The highest BCUT2D eigenvalue weighted by Crippen LogP contribution is 1.91. The molecule has 0 atom stereocenters. The predicted octanol–water partition coefficient (Wildman–Crippen LogP) is 0.747. The quantitative estimate of drug-likeness (QED) is 0.391. The molecule has 0 unspecified atom stereocenters. The Morgan fingerprint density at radius 2 is 2.25 bits per heavy atom. The van der Waals surface area contributed by atoms with Gasteiger partial charge in [-0.3, -0.25) is 0 Å². The van der Waals surface area contributed by atoms with Gasteiger partial charge >= 0.3 is 5.97 Å². The number of terminal acetylenes is 1. The van der Waals surface area contributed by atoms with Gasteiger partial charge in [-0.1, -0.05) is 0 Å². The second-order valence-electron chi connectivity index (χ2n) is 1.43. The minimum atomic E-state index is -1.03. The Labute approximate surface area is 48.5 Å². The van der Waals surface area contributed by atoms with Crippen LogP contribution in [0.4, 0.5) is 0 Å². The molecule has 0 rings (SSSR count). The number of rotatable bonds is 3. The molecule has 0 aromatic carbocycles. The number of carbonyl (C=O) groups excluding carboxylic acids is 1. The van der Waals surface area contributed by atoms with Gasteiger partial charge in [-0.15, -0.1) is 12.3 Å². The number of unbranched alkanes of at least 4 members (excludes halogenated alkanes) is 1. The Kier molecular flexibility index (Phi) is 3.69. The average Bonchev–Trinajstić information content (AvgIpc) is 1.66. The van der Waals surface area contributed by atoms with Gasteiger partial charge in [0, 0.05) is 6.42 Å². The monoisotopic (exact) mass is 111 g/mol. The summed E-state index contributed by atoms with van der Waals surface area (Å²) in [5.74, 6) is 1.30. The van der Waals surface area contributed by atoms with Crippen molar-refractivity contribution in [1.29, 1.82) is 0 Å². The first-order valence-corrected chi connectivity index (χ1v) is 2.40. The molecule has 0 saturated heterocycles. The van der Waals surface area contributed by atoms with Crippen LogP contribution in [0.25, 0.3) is 0 Å². The zero-order valence-corrected chi connectivity index (χ0v) is 4.52. The minimum absolute atomic E-state index is 0.0736. The van der Waals surface area contributed by atoms with Crippen LogP contribution in [0.3, 0.4) is 0 Å². The minimum Gasteiger partial charge on any atom is -0.247 e. The molecular weight excluding hydrogens is 104 g/mol. The molecule has 0 fully saturated rings. The molecule has 2 nitrogen and oxygen atoms in total. The van der Waals surface area contributed by atoms with Crippen LogP contribution in [0.1, 0.15) is 19.3 Å². The Morgan fingerprint density at radius 1 is 1.62 bits per heavy atom. The lowest BCUT2D eigenvalue weighted by molar-refractivity contribution is -0.143. The summed E-state index contributed by atoms with van der Waals surface area (Å²) < 4.78 is 0. The van der Waals surface area contributed by atoms with Gasteiger partial charge in [-0.25, -0.2) is 9.90 Å². The molecule has 0 heterocycles. The molecule has 2 heteroatoms. The van der Waals surface area contributed by atoms with Crippen molar-refractivity contribution in [1.82, 2.24) is 0 Å². The standard InChI is InChI=1S/C6H7O2/c1-2-3-4-5-6(7)8/h1H,3-5H2. The highest BCUT2D eigenvalue weighted by atomic mass is 16.4. The van der Waals surface area contributed by atoms with E-state index in [1.807, 2.05) is 0 Å². The summed E-state index contributed by atoms with van der Waals surface area (Å²) in [6, 6.07) is 0. The second-order valence-corrected chi connectivity index (χ2v) is 1.43. The lowest BCUT2D eigenvalue weighted by Gasteiger charge is -1.82. The molecule has 0 amide bonds. The summed E-state index contributed by atoms with van der Waals surface area (Å²) in [6.45, 7) is 0. The molecule has 1 radical (unpaired) electrons. The summed E-state index contributed by atoms with van der Waals surface area (Å²) in [7, 11) is 0. The van der Waals surface area contributed by atoms with Crippen LogP contribution in [0, 0.1) is 12.3 Å². The van der Waals surface area contributed by atoms with Crippen LogP contribution in [0.2, 0.25) is 0 Å². The fraction of sp³-hybridized carbons (Fsp3) is 0.500. The van der Waals surface area contributed by atoms with Crippen LogP contribution >= 0.6 is 0 Å². The van der Waals surface area contributed by atoms with E-state index in [4.69, 9.17) is 6.42 Å². The molecule has 0 aromatic rings. The number of hydrogen-bond donors (Lipinski definition) is 0. The fourth-order valence-electron chi connectivity index (χ4n) is 0.335. The van der Waals surface area contributed by atoms with Gasteiger partial charge in [0.15, 0.2) is 0 Å². The molecule has 8 heavy (non-hydrogen) atoms. The Morgan fingerprint density at radius 3 is 2.62 bits per heavy atom. The molecule has 0 aliphatic carbocycles. The van der Waals surface area contributed by atoms with E-state index >= 15 is 0 Å². The van der Waals surface area contributed by atoms with Crippen molar-refractivity contribution in [2.75, 3.05) is 0 Å². The van der Waals surface area contributed by atoms with Crippen LogP contribution in [0.15, 0.2) is 0 Å². The lowest BCUT2D eigenvalue weighted by atomic mass is 10.2. The van der Waals surface area contributed by atoms with Crippen LogP contribution in [-0.2, 0) is 9.90 Å². The van der Waals surface area contributed by atoms with Gasteiger partial charge in [0.2, 0.25) is 0 Å². The summed E-state index contributed by atoms with van der Waals surface area (Å²) in [4.78, 5) is 9.69. The van der Waals surface area contributed by atoms with Crippen molar-refractivity contribution in [3.05, 3.63) is 0 Å². The molecule has 0 aromatic heterocycles. The van der Waals surface area contributed by atoms with Crippen molar-refractivity contribution in [3.8, 4) is 12.3 Å². The smallest absolute Gasteiger partial charge is 0.247 e. The third-order valence-corrected chi connectivity index (χ3v) is 0.702. The number of carbonyl (C=O) groups is 1. The van der Waals surface area contributed by atoms with E-state index in [0.29, 0.717) is 12.8 Å². The van der Waals surface area contributed by atoms with Gasteiger partial charge in [0.25, 0.3) is 0 Å². The maximum Gasteiger partial charge on any atom is 0.355 e. The molecule has 0 bridgehead atoms. The van der Waals surface area contributed by atoms with E-state index in [1.54, 1.807) is 0 Å². The lowest BCUT2D eigenvalue weighted by Crippen LogP contribution is -1.89. The molecule has 0 aliphatic heterocycles. The first kappa shape index (κ1) is 7.03. The third-order valence-electron chi connectivity index (χ3n) is 0.702. The fourth-order valence-corrected chi connectivity index (χ4v) is 0.335. The molecule has 0 saturated carbocycles. The van der Waals surface area contributed by atoms with E-state index in [9.17, 15) is 9.90 Å². The topological polar surface area (TPSA) is 37.0 Å². The summed E-state index contributed by atoms with van der Waals surface area (Å²) in [6.07, 6.45) is 5.97. The van der Waals surface area contributed by atoms with E-state index < -0.39 is 5.97 Å². The molecule has 0 aliphatic rings. The van der Waals surface area contributed by atoms with Crippen molar-refractivity contribution in [3.63, 3.8) is 0 Å². The molecule has 0 spiro atoms. The maximum absolute atomic E-state index is 9.69. The second kappa shape index (κ2) is 4.20. The third kappa shape index (κ3) is 5.03. The summed E-state index contributed by atoms with van der Waals surface area (Å²) >= 11 is 0. The number of hydrogen-bond acceptors (Lipinski definition) is 1. The highest BCUT2D eigenvalue weighted by molar-refractivity contribution is 5.66. The normalized spacial score (nSPS) is 7.88. The Balaban J connectivity index is 2.97. The zero-order chi connectivity index (χ0) is 6.41. The van der Waals surface area contributed by atoms with Crippen molar-refractivity contribution < 1.29 is 9.90 Å². The molecular formula is C6H7O2. The van der Waals surface area contributed by atoms with Gasteiger partial charge in [0.1, 0.15) is 0 Å². The van der Waals surface area contributed by atoms with E-state index in [-0.39, 0.29) is 6.42 Å². The van der Waals surface area contributed by atoms with Crippen LogP contribution < -0.4 is 0 Å². The maximum atomic E-state index is 9.69. The zero-order valence-electron chi connectivity index (χ0n) is 4.52. The molecule has 43 valence electrons.